The van der Waals surface area contributed by atoms with Crippen LogP contribution in [0.2, 0.25) is 0 Å². The third-order valence-corrected chi connectivity index (χ3v) is 1.81. The molecule has 0 aliphatic heterocycles. The molecule has 0 radical (unpaired) electrons. The molecule has 2 rings (SSSR count). The fraction of sp³-hybridized carbons (Fsp3) is 0. The summed E-state index contributed by atoms with van der Waals surface area (Å²) in [6, 6.07) is 17.9. The lowest BCUT2D eigenvalue weighted by Gasteiger charge is -1.89. The van der Waals surface area contributed by atoms with Gasteiger partial charge in [-0.2, -0.15) is 0 Å². The van der Waals surface area contributed by atoms with Crippen LogP contribution < -0.4 is 9.47 Å². The number of rotatable bonds is 2. The molecule has 4 heteroatoms. The van der Waals surface area contributed by atoms with E-state index >= 15 is 0 Å². The second kappa shape index (κ2) is 8.20. The molecule has 0 unspecified atom stereocenters. The monoisotopic (exact) mass is 238 g/mol. The normalized spacial score (nSPS) is 7.89. The Labute approximate surface area is 105 Å². The lowest BCUT2D eigenvalue weighted by atomic mass is 10.3. The van der Waals surface area contributed by atoms with Gasteiger partial charge in [-0.25, -0.2) is 0 Å². The summed E-state index contributed by atoms with van der Waals surface area (Å²) in [6.07, 6.45) is 3.17. The van der Waals surface area contributed by atoms with Crippen molar-refractivity contribution in [3.63, 3.8) is 0 Å². The van der Waals surface area contributed by atoms with E-state index in [-0.39, 0.29) is 0 Å². The van der Waals surface area contributed by atoms with Crippen LogP contribution in [0.5, 0.6) is 11.5 Å². The van der Waals surface area contributed by atoms with Crippen LogP contribution in [0.1, 0.15) is 0 Å². The van der Waals surface area contributed by atoms with E-state index in [2.05, 4.69) is 9.47 Å². The Morgan fingerprint density at radius 2 is 0.944 bits per heavy atom. The van der Waals surface area contributed by atoms with E-state index in [9.17, 15) is 0 Å². The molecule has 0 amide bonds. The molecule has 2 aromatic carbocycles. The summed E-state index contributed by atoms with van der Waals surface area (Å²) in [6.45, 7) is 0. The van der Waals surface area contributed by atoms with Crippen molar-refractivity contribution in [1.29, 1.82) is 10.5 Å². The number of hydrogen-bond acceptors (Lipinski definition) is 4. The van der Waals surface area contributed by atoms with E-state index in [1.807, 2.05) is 36.4 Å². The highest BCUT2D eigenvalue weighted by atomic mass is 16.5. The van der Waals surface area contributed by atoms with Crippen molar-refractivity contribution >= 4 is 0 Å². The Kier molecular flexibility index (Phi) is 5.96. The molecular formula is C14H10N2O2. The van der Waals surface area contributed by atoms with Crippen molar-refractivity contribution in [2.75, 3.05) is 0 Å². The van der Waals surface area contributed by atoms with Crippen LogP contribution in [0.25, 0.3) is 0 Å². The van der Waals surface area contributed by atoms with Gasteiger partial charge < -0.3 is 9.47 Å². The zero-order valence-corrected chi connectivity index (χ0v) is 9.48. The van der Waals surface area contributed by atoms with Gasteiger partial charge in [-0.3, -0.25) is 0 Å². The molecule has 88 valence electrons. The summed E-state index contributed by atoms with van der Waals surface area (Å²) in [5, 5.41) is 16.1. The molecule has 0 bridgehead atoms. The minimum atomic E-state index is 0.583. The lowest BCUT2D eigenvalue weighted by Crippen LogP contribution is -1.78. The van der Waals surface area contributed by atoms with Crippen LogP contribution in [0.4, 0.5) is 0 Å². The maximum absolute atomic E-state index is 8.05. The molecule has 0 saturated heterocycles. The summed E-state index contributed by atoms with van der Waals surface area (Å²) in [5.41, 5.74) is 0. The molecule has 0 aliphatic rings. The minimum absolute atomic E-state index is 0.583. The SMILES string of the molecule is N#COc1ccccc1.N#COc1ccccc1. The van der Waals surface area contributed by atoms with Crippen LogP contribution in [-0.4, -0.2) is 0 Å². The van der Waals surface area contributed by atoms with Gasteiger partial charge in [0, 0.05) is 0 Å². The topological polar surface area (TPSA) is 66.0 Å². The standard InChI is InChI=1S/2C7H5NO/c2*8-6-9-7-4-2-1-3-5-7/h2*1-5H. The number of nitriles is 2. The Balaban J connectivity index is 0.000000180. The van der Waals surface area contributed by atoms with Crippen LogP contribution in [0.3, 0.4) is 0 Å². The third-order valence-electron chi connectivity index (χ3n) is 1.81. The molecule has 0 fully saturated rings. The molecule has 0 spiro atoms. The second-order valence-electron chi connectivity index (χ2n) is 3.01. The lowest BCUT2D eigenvalue weighted by molar-refractivity contribution is 0.507. The highest BCUT2D eigenvalue weighted by Crippen LogP contribution is 2.07. The summed E-state index contributed by atoms with van der Waals surface area (Å²) < 4.78 is 9.02. The molecule has 0 heterocycles. The van der Waals surface area contributed by atoms with Gasteiger partial charge >= 0.3 is 0 Å². The fourth-order valence-corrected chi connectivity index (χ4v) is 1.08. The number of hydrogen-bond donors (Lipinski definition) is 0. The molecule has 0 aromatic heterocycles. The molecular weight excluding hydrogens is 228 g/mol. The second-order valence-corrected chi connectivity index (χ2v) is 3.01. The fourth-order valence-electron chi connectivity index (χ4n) is 1.08. The summed E-state index contributed by atoms with van der Waals surface area (Å²) in [7, 11) is 0. The number of nitrogens with zero attached hydrogens (tertiary/aromatic N) is 2. The Morgan fingerprint density at radius 3 is 1.22 bits per heavy atom. The molecule has 0 N–H and O–H groups in total. The van der Waals surface area contributed by atoms with Crippen molar-refractivity contribution in [2.45, 2.75) is 0 Å². The summed E-state index contributed by atoms with van der Waals surface area (Å²) >= 11 is 0. The number of ether oxygens (including phenoxy) is 2. The molecule has 0 aliphatic carbocycles. The van der Waals surface area contributed by atoms with Crippen LogP contribution in [0, 0.1) is 23.0 Å². The largest absolute Gasteiger partial charge is 0.388 e. The highest BCUT2D eigenvalue weighted by molar-refractivity contribution is 5.22. The quantitative estimate of drug-likeness (QED) is 0.754. The first-order valence-corrected chi connectivity index (χ1v) is 5.09. The highest BCUT2D eigenvalue weighted by Gasteiger charge is 1.85. The van der Waals surface area contributed by atoms with Crippen LogP contribution >= 0.6 is 0 Å². The molecule has 2 aromatic rings. The van der Waals surface area contributed by atoms with Gasteiger partial charge in [-0.05, 0) is 24.3 Å². The Hall–Kier alpha value is -2.98. The van der Waals surface area contributed by atoms with E-state index in [1.165, 1.54) is 0 Å². The third kappa shape index (κ3) is 5.20. The summed E-state index contributed by atoms with van der Waals surface area (Å²) in [4.78, 5) is 0. The predicted octanol–water partition coefficient (Wildman–Crippen LogP) is 3.09. The van der Waals surface area contributed by atoms with Crippen molar-refractivity contribution in [3.8, 4) is 24.0 Å². The zero-order valence-electron chi connectivity index (χ0n) is 9.48. The molecule has 18 heavy (non-hydrogen) atoms. The number of benzene rings is 2. The minimum Gasteiger partial charge on any atom is -0.388 e. The predicted molar refractivity (Wildman–Crippen MR) is 65.4 cm³/mol. The maximum Gasteiger partial charge on any atom is 0.292 e. The smallest absolute Gasteiger partial charge is 0.292 e. The van der Waals surface area contributed by atoms with Crippen molar-refractivity contribution < 1.29 is 9.47 Å². The van der Waals surface area contributed by atoms with E-state index in [0.717, 1.165) is 0 Å². The van der Waals surface area contributed by atoms with Crippen LogP contribution in [0.15, 0.2) is 60.7 Å². The van der Waals surface area contributed by atoms with Gasteiger partial charge in [0.15, 0.2) is 0 Å². The first kappa shape index (κ1) is 13.1. The van der Waals surface area contributed by atoms with E-state index < -0.39 is 0 Å². The zero-order chi connectivity index (χ0) is 13.1. The van der Waals surface area contributed by atoms with E-state index in [0.29, 0.717) is 11.5 Å². The average Bonchev–Trinajstić information content (AvgIpc) is 2.43. The first-order valence-electron chi connectivity index (χ1n) is 5.09. The van der Waals surface area contributed by atoms with Gasteiger partial charge in [-0.15, -0.1) is 10.5 Å². The van der Waals surface area contributed by atoms with Crippen LogP contribution in [-0.2, 0) is 0 Å². The van der Waals surface area contributed by atoms with Gasteiger partial charge in [0.2, 0.25) is 0 Å². The first-order chi connectivity index (χ1) is 8.86. The van der Waals surface area contributed by atoms with Gasteiger partial charge in [0.1, 0.15) is 11.5 Å². The average molecular weight is 238 g/mol. The van der Waals surface area contributed by atoms with Crippen molar-refractivity contribution in [1.82, 2.24) is 0 Å². The van der Waals surface area contributed by atoms with Gasteiger partial charge in [-0.1, -0.05) is 36.4 Å². The van der Waals surface area contributed by atoms with Gasteiger partial charge in [0.05, 0.1) is 0 Å². The Morgan fingerprint density at radius 1 is 0.611 bits per heavy atom. The molecule has 4 nitrogen and oxygen atoms in total. The van der Waals surface area contributed by atoms with Gasteiger partial charge in [0.25, 0.3) is 12.5 Å². The Bertz CT molecular complexity index is 476. The van der Waals surface area contributed by atoms with E-state index in [4.69, 9.17) is 10.5 Å². The number of para-hydroxylation sites is 2. The van der Waals surface area contributed by atoms with Crippen molar-refractivity contribution in [2.24, 2.45) is 0 Å². The summed E-state index contributed by atoms with van der Waals surface area (Å²) in [5.74, 6) is 1.17. The molecule has 0 atom stereocenters. The molecule has 0 saturated carbocycles. The van der Waals surface area contributed by atoms with E-state index in [1.54, 1.807) is 36.8 Å². The maximum atomic E-state index is 8.05. The van der Waals surface area contributed by atoms with Crippen molar-refractivity contribution in [3.05, 3.63) is 60.7 Å².